The maximum absolute atomic E-state index is 3.53. The van der Waals surface area contributed by atoms with Crippen molar-refractivity contribution in [2.45, 2.75) is 47.0 Å². The third-order valence-corrected chi connectivity index (χ3v) is 3.03. The Labute approximate surface area is 117 Å². The van der Waals surface area contributed by atoms with E-state index in [2.05, 4.69) is 42.5 Å². The van der Waals surface area contributed by atoms with Crippen LogP contribution < -0.4 is 5.43 Å². The summed E-state index contributed by atoms with van der Waals surface area (Å²) < 4.78 is 0. The lowest BCUT2D eigenvalue weighted by molar-refractivity contribution is 0.410. The molecule has 0 radical (unpaired) electrons. The number of hydrogen-bond acceptors (Lipinski definition) is 2. The van der Waals surface area contributed by atoms with Crippen LogP contribution in [0.25, 0.3) is 0 Å². The molecular formula is C15H30N2O2. The SMILES string of the molecule is CC.CCc1ccc(C)cc1NN1CCCC1.O.O. The largest absolute Gasteiger partial charge is 0.412 e. The summed E-state index contributed by atoms with van der Waals surface area (Å²) in [5.74, 6) is 0. The molecule has 0 aromatic heterocycles. The molecule has 1 aromatic carbocycles. The van der Waals surface area contributed by atoms with Crippen LogP contribution in [0.1, 0.15) is 44.7 Å². The summed E-state index contributed by atoms with van der Waals surface area (Å²) in [5, 5.41) is 2.33. The number of benzene rings is 1. The van der Waals surface area contributed by atoms with Gasteiger partial charge in [0.05, 0.1) is 5.69 Å². The molecule has 1 heterocycles. The lowest BCUT2D eigenvalue weighted by atomic mass is 10.1. The van der Waals surface area contributed by atoms with Gasteiger partial charge in [-0.05, 0) is 43.4 Å². The van der Waals surface area contributed by atoms with Crippen LogP contribution in [0.4, 0.5) is 5.69 Å². The van der Waals surface area contributed by atoms with Crippen LogP contribution in [0.5, 0.6) is 0 Å². The lowest BCUT2D eigenvalue weighted by Crippen LogP contribution is -2.26. The van der Waals surface area contributed by atoms with Gasteiger partial charge in [0.1, 0.15) is 0 Å². The van der Waals surface area contributed by atoms with Crippen molar-refractivity contribution in [2.24, 2.45) is 0 Å². The van der Waals surface area contributed by atoms with Gasteiger partial charge in [0.25, 0.3) is 0 Å². The van der Waals surface area contributed by atoms with Gasteiger partial charge >= 0.3 is 0 Å². The van der Waals surface area contributed by atoms with E-state index in [4.69, 9.17) is 0 Å². The van der Waals surface area contributed by atoms with Crippen LogP contribution in [0.3, 0.4) is 0 Å². The number of aryl methyl sites for hydroxylation is 2. The fourth-order valence-electron chi connectivity index (χ4n) is 2.10. The van der Waals surface area contributed by atoms with Crippen LogP contribution in [0.15, 0.2) is 18.2 Å². The van der Waals surface area contributed by atoms with E-state index >= 15 is 0 Å². The highest BCUT2D eigenvalue weighted by Crippen LogP contribution is 2.20. The number of anilines is 1. The highest BCUT2D eigenvalue weighted by molar-refractivity contribution is 5.52. The Morgan fingerprint density at radius 3 is 2.21 bits per heavy atom. The summed E-state index contributed by atoms with van der Waals surface area (Å²) in [6.45, 7) is 10.7. The Kier molecular flexibility index (Phi) is 11.5. The monoisotopic (exact) mass is 270 g/mol. The van der Waals surface area contributed by atoms with Gasteiger partial charge in [0.15, 0.2) is 0 Å². The molecule has 5 N–H and O–H groups in total. The van der Waals surface area contributed by atoms with Crippen LogP contribution in [0, 0.1) is 6.92 Å². The van der Waals surface area contributed by atoms with Crippen molar-refractivity contribution in [3.05, 3.63) is 29.3 Å². The zero-order chi connectivity index (χ0) is 12.7. The predicted molar refractivity (Wildman–Crippen MR) is 83.6 cm³/mol. The quantitative estimate of drug-likeness (QED) is 0.915. The summed E-state index contributed by atoms with van der Waals surface area (Å²) >= 11 is 0. The summed E-state index contributed by atoms with van der Waals surface area (Å²) in [6.07, 6.45) is 3.73. The molecule has 0 aliphatic carbocycles. The van der Waals surface area contributed by atoms with Gasteiger partial charge in [-0.3, -0.25) is 0 Å². The van der Waals surface area contributed by atoms with E-state index in [-0.39, 0.29) is 11.0 Å². The molecule has 1 aromatic rings. The number of hydrazine groups is 1. The molecule has 112 valence electrons. The minimum Gasteiger partial charge on any atom is -0.412 e. The second kappa shape index (κ2) is 10.8. The van der Waals surface area contributed by atoms with Crippen molar-refractivity contribution in [3.8, 4) is 0 Å². The predicted octanol–water partition coefficient (Wildman–Crippen LogP) is 2.36. The first-order valence-corrected chi connectivity index (χ1v) is 6.90. The van der Waals surface area contributed by atoms with Crippen molar-refractivity contribution in [3.63, 3.8) is 0 Å². The van der Waals surface area contributed by atoms with Crippen molar-refractivity contribution in [1.29, 1.82) is 0 Å². The Hall–Kier alpha value is -1.10. The Bertz CT molecular complexity index is 337. The molecule has 1 aliphatic heterocycles. The van der Waals surface area contributed by atoms with E-state index in [1.54, 1.807) is 0 Å². The fraction of sp³-hybridized carbons (Fsp3) is 0.600. The fourth-order valence-corrected chi connectivity index (χ4v) is 2.10. The van der Waals surface area contributed by atoms with Gasteiger partial charge in [0.2, 0.25) is 0 Å². The topological polar surface area (TPSA) is 78.3 Å². The first kappa shape index (κ1) is 20.2. The van der Waals surface area contributed by atoms with Gasteiger partial charge < -0.3 is 16.4 Å². The van der Waals surface area contributed by atoms with Gasteiger partial charge in [-0.15, -0.1) is 0 Å². The lowest BCUT2D eigenvalue weighted by Gasteiger charge is -2.20. The molecule has 1 saturated heterocycles. The number of rotatable bonds is 3. The molecule has 1 aliphatic rings. The highest BCUT2D eigenvalue weighted by atomic mass is 16.0. The summed E-state index contributed by atoms with van der Waals surface area (Å²) in [7, 11) is 0. The third kappa shape index (κ3) is 6.05. The first-order valence-electron chi connectivity index (χ1n) is 6.90. The maximum Gasteiger partial charge on any atom is 0.0524 e. The molecule has 19 heavy (non-hydrogen) atoms. The second-order valence-electron chi connectivity index (χ2n) is 4.32. The normalized spacial score (nSPS) is 13.7. The molecule has 0 unspecified atom stereocenters. The molecule has 4 nitrogen and oxygen atoms in total. The molecular weight excluding hydrogens is 240 g/mol. The van der Waals surface area contributed by atoms with E-state index in [1.165, 1.54) is 42.7 Å². The average Bonchev–Trinajstić information content (AvgIpc) is 2.85. The van der Waals surface area contributed by atoms with Gasteiger partial charge in [-0.1, -0.05) is 32.9 Å². The summed E-state index contributed by atoms with van der Waals surface area (Å²) in [4.78, 5) is 0. The summed E-state index contributed by atoms with van der Waals surface area (Å²) in [6, 6.07) is 6.67. The second-order valence-corrected chi connectivity index (χ2v) is 4.32. The minimum atomic E-state index is 0. The minimum absolute atomic E-state index is 0. The molecule has 0 atom stereocenters. The zero-order valence-corrected chi connectivity index (χ0v) is 12.7. The van der Waals surface area contributed by atoms with E-state index < -0.39 is 0 Å². The van der Waals surface area contributed by atoms with E-state index in [0.717, 1.165) is 6.42 Å². The van der Waals surface area contributed by atoms with Gasteiger partial charge in [-0.2, -0.15) is 0 Å². The zero-order valence-electron chi connectivity index (χ0n) is 12.7. The highest BCUT2D eigenvalue weighted by Gasteiger charge is 2.12. The van der Waals surface area contributed by atoms with Gasteiger partial charge in [0, 0.05) is 13.1 Å². The molecule has 4 heteroatoms. The molecule has 0 spiro atoms. The maximum atomic E-state index is 3.53. The molecule has 2 rings (SSSR count). The van der Waals surface area contributed by atoms with Crippen LogP contribution >= 0.6 is 0 Å². The Morgan fingerprint density at radius 1 is 1.11 bits per heavy atom. The number of nitrogens with one attached hydrogen (secondary N) is 1. The van der Waals surface area contributed by atoms with Crippen molar-refractivity contribution in [2.75, 3.05) is 18.5 Å². The Morgan fingerprint density at radius 2 is 1.68 bits per heavy atom. The smallest absolute Gasteiger partial charge is 0.0524 e. The standard InChI is InChI=1S/C13H20N2.C2H6.2H2O/c1-3-12-7-6-11(2)10-13(12)14-15-8-4-5-9-15;1-2;;/h6-7,10,14H,3-5,8-9H2,1-2H3;1-2H3;2*1H2. The van der Waals surface area contributed by atoms with Crippen molar-refractivity contribution in [1.82, 2.24) is 5.01 Å². The van der Waals surface area contributed by atoms with E-state index in [0.29, 0.717) is 0 Å². The molecule has 0 bridgehead atoms. The number of nitrogens with zero attached hydrogens (tertiary/aromatic N) is 1. The average molecular weight is 270 g/mol. The van der Waals surface area contributed by atoms with Crippen molar-refractivity contribution >= 4 is 5.69 Å². The number of hydrogen-bond donors (Lipinski definition) is 1. The molecule has 1 fully saturated rings. The van der Waals surface area contributed by atoms with E-state index in [1.807, 2.05) is 13.8 Å². The van der Waals surface area contributed by atoms with Crippen LogP contribution in [-0.4, -0.2) is 29.1 Å². The summed E-state index contributed by atoms with van der Waals surface area (Å²) in [5.41, 5.74) is 7.56. The first-order chi connectivity index (χ1) is 8.29. The van der Waals surface area contributed by atoms with E-state index in [9.17, 15) is 0 Å². The Balaban J connectivity index is 0. The van der Waals surface area contributed by atoms with Gasteiger partial charge in [-0.25, -0.2) is 5.01 Å². The van der Waals surface area contributed by atoms with Crippen LogP contribution in [0.2, 0.25) is 0 Å². The van der Waals surface area contributed by atoms with Crippen molar-refractivity contribution < 1.29 is 11.0 Å². The molecule has 0 saturated carbocycles. The molecule has 0 amide bonds. The van der Waals surface area contributed by atoms with Crippen LogP contribution in [-0.2, 0) is 6.42 Å². The third-order valence-electron chi connectivity index (χ3n) is 3.03.